The molecule has 2 heteroatoms. The molecule has 0 unspecified atom stereocenters. The number of aryl methyl sites for hydroxylation is 1. The van der Waals surface area contributed by atoms with Crippen LogP contribution in [0, 0.1) is 6.92 Å². The van der Waals surface area contributed by atoms with Gasteiger partial charge in [0.1, 0.15) is 0 Å². The van der Waals surface area contributed by atoms with Crippen LogP contribution in [0.2, 0.25) is 0 Å². The topological polar surface area (TPSA) is 4.93 Å². The molecule has 1 aromatic heterocycles. The molecule has 3 rings (SSSR count). The van der Waals surface area contributed by atoms with Gasteiger partial charge in [-0.15, -0.1) is 0 Å². The molecule has 2 aromatic carbocycles. The van der Waals surface area contributed by atoms with Crippen molar-refractivity contribution in [2.24, 2.45) is 0 Å². The quantitative estimate of drug-likeness (QED) is 0.643. The minimum absolute atomic E-state index is 0.928. The van der Waals surface area contributed by atoms with Gasteiger partial charge in [0.15, 0.2) is 0 Å². The molecule has 90 valence electrons. The van der Waals surface area contributed by atoms with Gasteiger partial charge in [0, 0.05) is 28.1 Å². The van der Waals surface area contributed by atoms with Crippen molar-refractivity contribution in [3.63, 3.8) is 0 Å². The van der Waals surface area contributed by atoms with Crippen LogP contribution < -0.4 is 0 Å². The first-order chi connectivity index (χ1) is 8.74. The Morgan fingerprint density at radius 1 is 1.06 bits per heavy atom. The fraction of sp³-hybridized carbons (Fsp3) is 0.125. The summed E-state index contributed by atoms with van der Waals surface area (Å²) in [7, 11) is 0. The Balaban J connectivity index is 2.03. The van der Waals surface area contributed by atoms with Crippen molar-refractivity contribution >= 4 is 26.8 Å². The zero-order valence-corrected chi connectivity index (χ0v) is 11.8. The van der Waals surface area contributed by atoms with Crippen molar-refractivity contribution < 1.29 is 0 Å². The number of hydrogen-bond acceptors (Lipinski definition) is 0. The molecule has 0 aliphatic carbocycles. The van der Waals surface area contributed by atoms with E-state index < -0.39 is 0 Å². The van der Waals surface area contributed by atoms with E-state index in [0.717, 1.165) is 11.0 Å². The average Bonchev–Trinajstić information content (AvgIpc) is 2.74. The van der Waals surface area contributed by atoms with Gasteiger partial charge in [-0.1, -0.05) is 40.2 Å². The molecule has 0 aliphatic rings. The number of halogens is 1. The molecule has 0 atom stereocenters. The normalized spacial score (nSPS) is 11.0. The number of benzene rings is 2. The van der Waals surface area contributed by atoms with E-state index in [1.807, 2.05) is 0 Å². The molecule has 1 nitrogen and oxygen atoms in total. The van der Waals surface area contributed by atoms with Crippen LogP contribution in [0.5, 0.6) is 0 Å². The van der Waals surface area contributed by atoms with Gasteiger partial charge < -0.3 is 4.57 Å². The van der Waals surface area contributed by atoms with E-state index >= 15 is 0 Å². The monoisotopic (exact) mass is 299 g/mol. The van der Waals surface area contributed by atoms with Crippen LogP contribution in [-0.4, -0.2) is 4.57 Å². The van der Waals surface area contributed by atoms with E-state index in [1.165, 1.54) is 22.0 Å². The van der Waals surface area contributed by atoms with Gasteiger partial charge in [0.05, 0.1) is 0 Å². The van der Waals surface area contributed by atoms with E-state index in [-0.39, 0.29) is 0 Å². The van der Waals surface area contributed by atoms with Gasteiger partial charge >= 0.3 is 0 Å². The highest BCUT2D eigenvalue weighted by Crippen LogP contribution is 2.22. The van der Waals surface area contributed by atoms with E-state index in [2.05, 4.69) is 82.1 Å². The Morgan fingerprint density at radius 2 is 1.89 bits per heavy atom. The lowest BCUT2D eigenvalue weighted by Crippen LogP contribution is -1.99. The highest BCUT2D eigenvalue weighted by molar-refractivity contribution is 9.10. The minimum Gasteiger partial charge on any atom is -0.343 e. The van der Waals surface area contributed by atoms with E-state index in [0.29, 0.717) is 0 Å². The van der Waals surface area contributed by atoms with Crippen molar-refractivity contribution in [3.05, 3.63) is 70.3 Å². The maximum absolute atomic E-state index is 3.51. The molecule has 0 radical (unpaired) electrons. The summed E-state index contributed by atoms with van der Waals surface area (Å²) in [5.41, 5.74) is 4.00. The second-order valence-corrected chi connectivity index (χ2v) is 5.49. The van der Waals surface area contributed by atoms with Crippen LogP contribution in [-0.2, 0) is 6.54 Å². The summed E-state index contributed by atoms with van der Waals surface area (Å²) in [5, 5.41) is 1.28. The van der Waals surface area contributed by atoms with Crippen molar-refractivity contribution in [2.75, 3.05) is 0 Å². The summed E-state index contributed by atoms with van der Waals surface area (Å²) in [4.78, 5) is 0. The molecule has 1 heterocycles. The third kappa shape index (κ3) is 2.08. The lowest BCUT2D eigenvalue weighted by Gasteiger charge is -2.08. The molecule has 3 aromatic rings. The van der Waals surface area contributed by atoms with E-state index in [4.69, 9.17) is 0 Å². The lowest BCUT2D eigenvalue weighted by atomic mass is 10.1. The standard InChI is InChI=1S/C16H14BrN/c1-12-4-2-3-5-14(12)11-18-9-8-13-10-15(17)6-7-16(13)18/h2-10H,11H2,1H3. The zero-order chi connectivity index (χ0) is 12.5. The van der Waals surface area contributed by atoms with Crippen LogP contribution in [0.4, 0.5) is 0 Å². The van der Waals surface area contributed by atoms with Crippen LogP contribution in [0.25, 0.3) is 10.9 Å². The number of aromatic nitrogens is 1. The second kappa shape index (κ2) is 4.62. The van der Waals surface area contributed by atoms with Gasteiger partial charge in [0.25, 0.3) is 0 Å². The fourth-order valence-electron chi connectivity index (χ4n) is 2.28. The number of hydrogen-bond donors (Lipinski definition) is 0. The Hall–Kier alpha value is -1.54. The summed E-state index contributed by atoms with van der Waals surface area (Å²) in [6.07, 6.45) is 2.16. The van der Waals surface area contributed by atoms with Crippen molar-refractivity contribution in [1.29, 1.82) is 0 Å². The SMILES string of the molecule is Cc1ccccc1Cn1ccc2cc(Br)ccc21. The zero-order valence-electron chi connectivity index (χ0n) is 10.2. The predicted molar refractivity (Wildman–Crippen MR) is 79.9 cm³/mol. The highest BCUT2D eigenvalue weighted by Gasteiger charge is 2.03. The Bertz CT molecular complexity index is 697. The molecule has 0 bridgehead atoms. The third-order valence-electron chi connectivity index (χ3n) is 3.33. The van der Waals surface area contributed by atoms with Crippen LogP contribution in [0.15, 0.2) is 59.2 Å². The summed E-state index contributed by atoms with van der Waals surface area (Å²) in [5.74, 6) is 0. The van der Waals surface area contributed by atoms with Crippen molar-refractivity contribution in [1.82, 2.24) is 4.57 Å². The highest BCUT2D eigenvalue weighted by atomic mass is 79.9. The van der Waals surface area contributed by atoms with Gasteiger partial charge in [-0.2, -0.15) is 0 Å². The van der Waals surface area contributed by atoms with Crippen LogP contribution in [0.3, 0.4) is 0 Å². The minimum atomic E-state index is 0.928. The second-order valence-electron chi connectivity index (χ2n) is 4.57. The van der Waals surface area contributed by atoms with Crippen LogP contribution in [0.1, 0.15) is 11.1 Å². The van der Waals surface area contributed by atoms with Gasteiger partial charge in [-0.25, -0.2) is 0 Å². The summed E-state index contributed by atoms with van der Waals surface area (Å²) >= 11 is 3.51. The molecular formula is C16H14BrN. The Kier molecular flexibility index (Phi) is 2.96. The lowest BCUT2D eigenvalue weighted by molar-refractivity contribution is 0.830. The summed E-state index contributed by atoms with van der Waals surface area (Å²) in [6.45, 7) is 3.09. The smallest absolute Gasteiger partial charge is 0.0484 e. The Morgan fingerprint density at radius 3 is 2.72 bits per heavy atom. The summed E-state index contributed by atoms with van der Waals surface area (Å²) in [6, 6.07) is 17.1. The van der Waals surface area contributed by atoms with Crippen molar-refractivity contribution in [3.8, 4) is 0 Å². The van der Waals surface area contributed by atoms with Crippen molar-refractivity contribution in [2.45, 2.75) is 13.5 Å². The molecule has 0 amide bonds. The van der Waals surface area contributed by atoms with Gasteiger partial charge in [-0.05, 0) is 42.3 Å². The number of rotatable bonds is 2. The maximum Gasteiger partial charge on any atom is 0.0484 e. The van der Waals surface area contributed by atoms with Crippen LogP contribution >= 0.6 is 15.9 Å². The maximum atomic E-state index is 3.51. The average molecular weight is 300 g/mol. The molecule has 18 heavy (non-hydrogen) atoms. The van der Waals surface area contributed by atoms with E-state index in [9.17, 15) is 0 Å². The first-order valence-corrected chi connectivity index (χ1v) is 6.82. The fourth-order valence-corrected chi connectivity index (χ4v) is 2.66. The first kappa shape index (κ1) is 11.5. The largest absolute Gasteiger partial charge is 0.343 e. The third-order valence-corrected chi connectivity index (χ3v) is 3.83. The van der Waals surface area contributed by atoms with E-state index in [1.54, 1.807) is 0 Å². The number of nitrogens with zero attached hydrogens (tertiary/aromatic N) is 1. The molecular weight excluding hydrogens is 286 g/mol. The molecule has 0 aliphatic heterocycles. The molecule has 0 saturated heterocycles. The summed E-state index contributed by atoms with van der Waals surface area (Å²) < 4.78 is 3.42. The molecule has 0 fully saturated rings. The van der Waals surface area contributed by atoms with Gasteiger partial charge in [0.2, 0.25) is 0 Å². The molecule has 0 saturated carbocycles. The predicted octanol–water partition coefficient (Wildman–Crippen LogP) is 4.76. The first-order valence-electron chi connectivity index (χ1n) is 6.03. The molecule has 0 spiro atoms. The number of fused-ring (bicyclic) bond motifs is 1. The van der Waals surface area contributed by atoms with Gasteiger partial charge in [-0.3, -0.25) is 0 Å². The molecule has 0 N–H and O–H groups in total. The Labute approximate surface area is 115 Å².